The summed E-state index contributed by atoms with van der Waals surface area (Å²) >= 11 is 0. The van der Waals surface area contributed by atoms with Crippen LogP contribution in [-0.4, -0.2) is 37.1 Å². The number of likely N-dealkylation sites (tertiary alicyclic amines) is 1. The lowest BCUT2D eigenvalue weighted by atomic mass is 9.76. The lowest BCUT2D eigenvalue weighted by molar-refractivity contribution is 0.102. The molecule has 2 unspecified atom stereocenters. The molecular weight excluding hydrogens is 196 g/mol. The minimum atomic E-state index is 0.589. The Balaban J connectivity index is 1.95. The molecule has 0 aromatic carbocycles. The number of piperidine rings is 1. The first-order chi connectivity index (χ1) is 7.76. The van der Waals surface area contributed by atoms with Crippen LogP contribution in [-0.2, 0) is 0 Å². The molecule has 0 bridgehead atoms. The highest BCUT2D eigenvalue weighted by Gasteiger charge is 2.35. The van der Waals surface area contributed by atoms with Crippen LogP contribution >= 0.6 is 0 Å². The maximum Gasteiger partial charge on any atom is 0.00676 e. The minimum absolute atomic E-state index is 0.589. The van der Waals surface area contributed by atoms with Gasteiger partial charge in [-0.2, -0.15) is 0 Å². The highest BCUT2D eigenvalue weighted by atomic mass is 15.2. The fourth-order valence-corrected chi connectivity index (χ4v) is 3.65. The second-order valence-electron chi connectivity index (χ2n) is 5.99. The first-order valence-electron chi connectivity index (χ1n) is 7.20. The summed E-state index contributed by atoms with van der Waals surface area (Å²) in [6.07, 6.45) is 8.39. The third-order valence-corrected chi connectivity index (χ3v) is 4.57. The Hall–Kier alpha value is -0.0800. The van der Waals surface area contributed by atoms with Gasteiger partial charge in [-0.25, -0.2) is 0 Å². The van der Waals surface area contributed by atoms with Gasteiger partial charge in [0.2, 0.25) is 0 Å². The van der Waals surface area contributed by atoms with E-state index in [0.717, 1.165) is 6.04 Å². The number of hydrogen-bond acceptors (Lipinski definition) is 2. The van der Waals surface area contributed by atoms with E-state index in [1.165, 1.54) is 64.7 Å². The molecule has 0 amide bonds. The molecule has 0 saturated carbocycles. The van der Waals surface area contributed by atoms with Crippen molar-refractivity contribution in [2.45, 2.75) is 58.4 Å². The van der Waals surface area contributed by atoms with Crippen molar-refractivity contribution in [2.75, 3.05) is 26.2 Å². The molecule has 2 saturated heterocycles. The van der Waals surface area contributed by atoms with Gasteiger partial charge in [-0.05, 0) is 57.5 Å². The average Bonchev–Trinajstić information content (AvgIpc) is 2.66. The first kappa shape index (κ1) is 12.4. The van der Waals surface area contributed by atoms with E-state index in [2.05, 4.69) is 24.1 Å². The van der Waals surface area contributed by atoms with Gasteiger partial charge in [0.1, 0.15) is 0 Å². The van der Waals surface area contributed by atoms with Gasteiger partial charge in [0.05, 0.1) is 0 Å². The summed E-state index contributed by atoms with van der Waals surface area (Å²) < 4.78 is 0. The molecule has 2 fully saturated rings. The summed E-state index contributed by atoms with van der Waals surface area (Å²) in [6, 6.07) is 0.829. The van der Waals surface area contributed by atoms with E-state index in [0.29, 0.717) is 5.41 Å². The Morgan fingerprint density at radius 2 is 2.25 bits per heavy atom. The zero-order chi connectivity index (χ0) is 11.4. The van der Waals surface area contributed by atoms with Crippen LogP contribution in [0.25, 0.3) is 0 Å². The monoisotopic (exact) mass is 224 g/mol. The SMILES string of the molecule is CCCC1(CN2CCCC2C)CCCNC1. The number of nitrogens with one attached hydrogen (secondary N) is 1. The normalized spacial score (nSPS) is 36.8. The van der Waals surface area contributed by atoms with Gasteiger partial charge >= 0.3 is 0 Å². The van der Waals surface area contributed by atoms with Crippen LogP contribution in [0.3, 0.4) is 0 Å². The van der Waals surface area contributed by atoms with E-state index < -0.39 is 0 Å². The topological polar surface area (TPSA) is 15.3 Å². The van der Waals surface area contributed by atoms with Gasteiger partial charge in [-0.3, -0.25) is 0 Å². The molecular formula is C14H28N2. The third kappa shape index (κ3) is 2.78. The maximum absolute atomic E-state index is 3.62. The van der Waals surface area contributed by atoms with Gasteiger partial charge in [-0.1, -0.05) is 13.3 Å². The Labute approximate surface area is 101 Å². The van der Waals surface area contributed by atoms with Crippen LogP contribution in [0, 0.1) is 5.41 Å². The van der Waals surface area contributed by atoms with E-state index in [4.69, 9.17) is 0 Å². The fraction of sp³-hybridized carbons (Fsp3) is 1.00. The molecule has 2 aliphatic rings. The maximum atomic E-state index is 3.62. The second-order valence-corrected chi connectivity index (χ2v) is 5.99. The Kier molecular flexibility index (Phi) is 4.26. The Bertz CT molecular complexity index is 203. The zero-order valence-electron chi connectivity index (χ0n) is 11.1. The molecule has 0 spiro atoms. The standard InChI is InChI=1S/C14H28N2/c1-3-7-14(8-5-9-15-11-14)12-16-10-4-6-13(16)2/h13,15H,3-12H2,1-2H3. The molecule has 2 heterocycles. The van der Waals surface area contributed by atoms with Gasteiger partial charge in [-0.15, -0.1) is 0 Å². The molecule has 2 nitrogen and oxygen atoms in total. The summed E-state index contributed by atoms with van der Waals surface area (Å²) in [4.78, 5) is 2.74. The molecule has 0 aliphatic carbocycles. The second kappa shape index (κ2) is 5.50. The van der Waals surface area contributed by atoms with E-state index in [-0.39, 0.29) is 0 Å². The molecule has 0 radical (unpaired) electrons. The molecule has 2 aliphatic heterocycles. The Morgan fingerprint density at radius 1 is 1.38 bits per heavy atom. The fourth-order valence-electron chi connectivity index (χ4n) is 3.65. The predicted octanol–water partition coefficient (Wildman–Crippen LogP) is 2.64. The highest BCUT2D eigenvalue weighted by Crippen LogP contribution is 2.34. The van der Waals surface area contributed by atoms with Gasteiger partial charge < -0.3 is 10.2 Å². The van der Waals surface area contributed by atoms with Crippen LogP contribution in [0.15, 0.2) is 0 Å². The van der Waals surface area contributed by atoms with E-state index in [9.17, 15) is 0 Å². The van der Waals surface area contributed by atoms with E-state index in [1.807, 2.05) is 0 Å². The first-order valence-corrected chi connectivity index (χ1v) is 7.20. The van der Waals surface area contributed by atoms with Gasteiger partial charge in [0.25, 0.3) is 0 Å². The molecule has 2 rings (SSSR count). The lowest BCUT2D eigenvalue weighted by Crippen LogP contribution is -2.48. The summed E-state index contributed by atoms with van der Waals surface area (Å²) in [7, 11) is 0. The largest absolute Gasteiger partial charge is 0.316 e. The summed E-state index contributed by atoms with van der Waals surface area (Å²) in [5, 5.41) is 3.62. The molecule has 2 heteroatoms. The molecule has 1 N–H and O–H groups in total. The number of rotatable bonds is 4. The van der Waals surface area contributed by atoms with Crippen molar-refractivity contribution in [3.8, 4) is 0 Å². The van der Waals surface area contributed by atoms with E-state index >= 15 is 0 Å². The molecule has 16 heavy (non-hydrogen) atoms. The van der Waals surface area contributed by atoms with Crippen LogP contribution < -0.4 is 5.32 Å². The van der Waals surface area contributed by atoms with Crippen molar-refractivity contribution in [1.29, 1.82) is 0 Å². The van der Waals surface area contributed by atoms with Crippen LogP contribution in [0.2, 0.25) is 0 Å². The quantitative estimate of drug-likeness (QED) is 0.790. The van der Waals surface area contributed by atoms with E-state index in [1.54, 1.807) is 0 Å². The third-order valence-electron chi connectivity index (χ3n) is 4.57. The smallest absolute Gasteiger partial charge is 0.00676 e. The molecule has 94 valence electrons. The number of nitrogens with zero attached hydrogens (tertiary/aromatic N) is 1. The highest BCUT2D eigenvalue weighted by molar-refractivity contribution is 4.90. The zero-order valence-corrected chi connectivity index (χ0v) is 11.1. The van der Waals surface area contributed by atoms with Crippen molar-refractivity contribution in [3.63, 3.8) is 0 Å². The minimum Gasteiger partial charge on any atom is -0.316 e. The summed E-state index contributed by atoms with van der Waals surface area (Å²) in [6.45, 7) is 9.92. The van der Waals surface area contributed by atoms with Crippen LogP contribution in [0.1, 0.15) is 52.4 Å². The van der Waals surface area contributed by atoms with Crippen molar-refractivity contribution in [1.82, 2.24) is 10.2 Å². The van der Waals surface area contributed by atoms with Crippen LogP contribution in [0.4, 0.5) is 0 Å². The Morgan fingerprint density at radius 3 is 2.81 bits per heavy atom. The summed E-state index contributed by atoms with van der Waals surface area (Å²) in [5.41, 5.74) is 0.589. The van der Waals surface area contributed by atoms with Gasteiger partial charge in [0, 0.05) is 19.1 Å². The molecule has 2 atom stereocenters. The summed E-state index contributed by atoms with van der Waals surface area (Å²) in [5.74, 6) is 0. The molecule has 0 aromatic heterocycles. The number of hydrogen-bond donors (Lipinski definition) is 1. The van der Waals surface area contributed by atoms with Gasteiger partial charge in [0.15, 0.2) is 0 Å². The lowest BCUT2D eigenvalue weighted by Gasteiger charge is -2.41. The van der Waals surface area contributed by atoms with Crippen molar-refractivity contribution in [2.24, 2.45) is 5.41 Å². The van der Waals surface area contributed by atoms with Crippen LogP contribution in [0.5, 0.6) is 0 Å². The van der Waals surface area contributed by atoms with Crippen molar-refractivity contribution in [3.05, 3.63) is 0 Å². The predicted molar refractivity (Wildman–Crippen MR) is 69.7 cm³/mol. The molecule has 0 aromatic rings. The van der Waals surface area contributed by atoms with Crippen molar-refractivity contribution < 1.29 is 0 Å². The average molecular weight is 224 g/mol. The van der Waals surface area contributed by atoms with Crippen molar-refractivity contribution >= 4 is 0 Å².